The summed E-state index contributed by atoms with van der Waals surface area (Å²) >= 11 is 0. The minimum absolute atomic E-state index is 0.794. The molecule has 1 aliphatic carbocycles. The Bertz CT molecular complexity index is 455. The average molecular weight is 272 g/mol. The van der Waals surface area contributed by atoms with Crippen molar-refractivity contribution in [3.63, 3.8) is 0 Å². The predicted octanol–water partition coefficient (Wildman–Crippen LogP) is 3.49. The zero-order valence-electron chi connectivity index (χ0n) is 13.1. The third-order valence-electron chi connectivity index (χ3n) is 5.25. The van der Waals surface area contributed by atoms with Crippen LogP contribution in [-0.2, 0) is 12.8 Å². The molecule has 110 valence electrons. The van der Waals surface area contributed by atoms with Gasteiger partial charge < -0.3 is 9.80 Å². The first kappa shape index (κ1) is 13.9. The molecule has 1 aromatic carbocycles. The van der Waals surface area contributed by atoms with Crippen molar-refractivity contribution in [1.82, 2.24) is 4.90 Å². The highest BCUT2D eigenvalue weighted by atomic mass is 15.1. The van der Waals surface area contributed by atoms with E-state index in [0.717, 1.165) is 6.04 Å². The molecule has 1 saturated heterocycles. The normalized spacial score (nSPS) is 22.8. The van der Waals surface area contributed by atoms with E-state index in [1.54, 1.807) is 11.1 Å². The molecule has 1 aliphatic heterocycles. The summed E-state index contributed by atoms with van der Waals surface area (Å²) in [6.07, 6.45) is 9.38. The molecule has 1 unspecified atom stereocenters. The Morgan fingerprint density at radius 2 is 2.10 bits per heavy atom. The van der Waals surface area contributed by atoms with Crippen LogP contribution in [0.4, 0.5) is 5.69 Å². The number of fused-ring (bicyclic) bond motifs is 1. The van der Waals surface area contributed by atoms with Gasteiger partial charge in [-0.3, -0.25) is 0 Å². The Kier molecular flexibility index (Phi) is 4.30. The third kappa shape index (κ3) is 2.85. The van der Waals surface area contributed by atoms with Crippen molar-refractivity contribution < 1.29 is 0 Å². The molecule has 1 atom stereocenters. The van der Waals surface area contributed by atoms with E-state index < -0.39 is 0 Å². The van der Waals surface area contributed by atoms with Gasteiger partial charge in [-0.1, -0.05) is 18.6 Å². The van der Waals surface area contributed by atoms with Gasteiger partial charge in [0.15, 0.2) is 0 Å². The van der Waals surface area contributed by atoms with Crippen LogP contribution in [-0.4, -0.2) is 38.1 Å². The fourth-order valence-electron chi connectivity index (χ4n) is 3.93. The lowest BCUT2D eigenvalue weighted by atomic mass is 9.99. The fraction of sp³-hybridized carbons (Fsp3) is 0.667. The van der Waals surface area contributed by atoms with Crippen molar-refractivity contribution in [3.8, 4) is 0 Å². The highest BCUT2D eigenvalue weighted by Gasteiger charge is 2.20. The van der Waals surface area contributed by atoms with Crippen molar-refractivity contribution in [2.75, 3.05) is 32.1 Å². The number of hydrogen-bond donors (Lipinski definition) is 0. The standard InChI is InChI=1S/C18H28N2/c1-19-13-4-3-9-16(19)12-14-20(2)18-11-6-8-15-7-5-10-17(15)18/h6,8,11,16H,3-5,7,9-10,12-14H2,1-2H3. The van der Waals surface area contributed by atoms with Crippen LogP contribution in [0.2, 0.25) is 0 Å². The lowest BCUT2D eigenvalue weighted by Gasteiger charge is -2.34. The highest BCUT2D eigenvalue weighted by molar-refractivity contribution is 5.57. The van der Waals surface area contributed by atoms with Gasteiger partial charge in [0.2, 0.25) is 0 Å². The molecular formula is C18H28N2. The van der Waals surface area contributed by atoms with Crippen LogP contribution in [0.15, 0.2) is 18.2 Å². The maximum Gasteiger partial charge on any atom is 0.0398 e. The van der Waals surface area contributed by atoms with Crippen LogP contribution >= 0.6 is 0 Å². The van der Waals surface area contributed by atoms with Crippen LogP contribution in [0, 0.1) is 0 Å². The van der Waals surface area contributed by atoms with E-state index in [-0.39, 0.29) is 0 Å². The summed E-state index contributed by atoms with van der Waals surface area (Å²) in [5, 5.41) is 0. The van der Waals surface area contributed by atoms with Gasteiger partial charge in [0.05, 0.1) is 0 Å². The van der Waals surface area contributed by atoms with Gasteiger partial charge in [0.25, 0.3) is 0 Å². The van der Waals surface area contributed by atoms with Crippen LogP contribution in [0.5, 0.6) is 0 Å². The number of rotatable bonds is 4. The Hall–Kier alpha value is -1.02. The Morgan fingerprint density at radius 3 is 2.95 bits per heavy atom. The SMILES string of the molecule is CN(CCC1CCCCN1C)c1cccc2c1CCC2. The van der Waals surface area contributed by atoms with Crippen molar-refractivity contribution in [2.24, 2.45) is 0 Å². The first-order valence-corrected chi connectivity index (χ1v) is 8.28. The number of piperidine rings is 1. The van der Waals surface area contributed by atoms with E-state index in [4.69, 9.17) is 0 Å². The monoisotopic (exact) mass is 272 g/mol. The molecule has 0 aromatic heterocycles. The van der Waals surface area contributed by atoms with Gasteiger partial charge in [-0.2, -0.15) is 0 Å². The quantitative estimate of drug-likeness (QED) is 0.828. The molecule has 3 rings (SSSR count). The summed E-state index contributed by atoms with van der Waals surface area (Å²) in [5.41, 5.74) is 4.69. The summed E-state index contributed by atoms with van der Waals surface area (Å²) in [6.45, 7) is 2.47. The van der Waals surface area contributed by atoms with Gasteiger partial charge in [0, 0.05) is 25.3 Å². The van der Waals surface area contributed by atoms with Gasteiger partial charge in [-0.05, 0) is 69.3 Å². The lowest BCUT2D eigenvalue weighted by molar-refractivity contribution is 0.178. The van der Waals surface area contributed by atoms with Gasteiger partial charge in [0.1, 0.15) is 0 Å². The zero-order chi connectivity index (χ0) is 13.9. The van der Waals surface area contributed by atoms with E-state index >= 15 is 0 Å². The number of aryl methyl sites for hydroxylation is 1. The van der Waals surface area contributed by atoms with Crippen LogP contribution < -0.4 is 4.90 Å². The second kappa shape index (κ2) is 6.17. The van der Waals surface area contributed by atoms with Crippen LogP contribution in [0.3, 0.4) is 0 Å². The number of likely N-dealkylation sites (tertiary alicyclic amines) is 1. The number of benzene rings is 1. The summed E-state index contributed by atoms with van der Waals surface area (Å²) in [6, 6.07) is 7.66. The summed E-state index contributed by atoms with van der Waals surface area (Å²) in [5.74, 6) is 0. The molecule has 2 heteroatoms. The molecule has 0 bridgehead atoms. The van der Waals surface area contributed by atoms with Gasteiger partial charge >= 0.3 is 0 Å². The minimum Gasteiger partial charge on any atom is -0.374 e. The number of hydrogen-bond acceptors (Lipinski definition) is 2. The Morgan fingerprint density at radius 1 is 1.20 bits per heavy atom. The van der Waals surface area contributed by atoms with Crippen molar-refractivity contribution in [2.45, 2.75) is 51.0 Å². The molecule has 2 aliphatic rings. The van der Waals surface area contributed by atoms with E-state index in [0.29, 0.717) is 0 Å². The fourth-order valence-corrected chi connectivity index (χ4v) is 3.93. The minimum atomic E-state index is 0.794. The molecule has 0 spiro atoms. The molecule has 2 nitrogen and oxygen atoms in total. The maximum atomic E-state index is 2.56. The second-order valence-corrected chi connectivity index (χ2v) is 6.61. The second-order valence-electron chi connectivity index (χ2n) is 6.61. The Balaban J connectivity index is 1.62. The molecule has 1 heterocycles. The maximum absolute atomic E-state index is 2.56. The molecule has 0 N–H and O–H groups in total. The summed E-state index contributed by atoms with van der Waals surface area (Å²) in [7, 11) is 4.57. The predicted molar refractivity (Wildman–Crippen MR) is 86.6 cm³/mol. The topological polar surface area (TPSA) is 6.48 Å². The van der Waals surface area contributed by atoms with E-state index in [2.05, 4.69) is 42.1 Å². The molecule has 20 heavy (non-hydrogen) atoms. The number of anilines is 1. The zero-order valence-corrected chi connectivity index (χ0v) is 13.1. The summed E-state index contributed by atoms with van der Waals surface area (Å²) < 4.78 is 0. The largest absolute Gasteiger partial charge is 0.374 e. The molecular weight excluding hydrogens is 244 g/mol. The van der Waals surface area contributed by atoms with Crippen LogP contribution in [0.25, 0.3) is 0 Å². The first-order valence-electron chi connectivity index (χ1n) is 8.28. The molecule has 0 saturated carbocycles. The van der Waals surface area contributed by atoms with Crippen molar-refractivity contribution >= 4 is 5.69 Å². The lowest BCUT2D eigenvalue weighted by Crippen LogP contribution is -2.38. The van der Waals surface area contributed by atoms with Gasteiger partial charge in [-0.25, -0.2) is 0 Å². The van der Waals surface area contributed by atoms with Gasteiger partial charge in [-0.15, -0.1) is 0 Å². The average Bonchev–Trinajstić information content (AvgIpc) is 2.94. The van der Waals surface area contributed by atoms with E-state index in [1.807, 2.05) is 0 Å². The smallest absolute Gasteiger partial charge is 0.0398 e. The number of nitrogens with zero attached hydrogens (tertiary/aromatic N) is 2. The van der Waals surface area contributed by atoms with E-state index in [9.17, 15) is 0 Å². The molecule has 1 fully saturated rings. The third-order valence-corrected chi connectivity index (χ3v) is 5.25. The summed E-state index contributed by atoms with van der Waals surface area (Å²) in [4.78, 5) is 5.05. The van der Waals surface area contributed by atoms with Crippen molar-refractivity contribution in [1.29, 1.82) is 0 Å². The molecule has 0 radical (unpaired) electrons. The molecule has 0 amide bonds. The Labute approximate surface area is 123 Å². The first-order chi connectivity index (χ1) is 9.75. The van der Waals surface area contributed by atoms with Crippen LogP contribution in [0.1, 0.15) is 43.2 Å². The van der Waals surface area contributed by atoms with E-state index in [1.165, 1.54) is 63.7 Å². The molecule has 1 aromatic rings. The highest BCUT2D eigenvalue weighted by Crippen LogP contribution is 2.31. The van der Waals surface area contributed by atoms with Crippen molar-refractivity contribution in [3.05, 3.63) is 29.3 Å².